The number of halogens is 2. The molecule has 0 radical (unpaired) electrons. The van der Waals surface area contributed by atoms with E-state index >= 15 is 0 Å². The molecule has 0 saturated carbocycles. The number of aryl methyl sites for hydroxylation is 2. The van der Waals surface area contributed by atoms with Gasteiger partial charge >= 0.3 is 5.97 Å². The molecule has 0 aliphatic rings. The van der Waals surface area contributed by atoms with E-state index in [1.807, 2.05) is 39.0 Å². The van der Waals surface area contributed by atoms with Crippen molar-refractivity contribution in [3.63, 3.8) is 0 Å². The maximum Gasteiger partial charge on any atom is 0.356 e. The van der Waals surface area contributed by atoms with Crippen LogP contribution in [-0.4, -0.2) is 40.6 Å². The second-order valence-corrected chi connectivity index (χ2v) is 10.1. The lowest BCUT2D eigenvalue weighted by Gasteiger charge is -2.20. The van der Waals surface area contributed by atoms with Crippen molar-refractivity contribution >= 4 is 45.8 Å². The monoisotopic (exact) mass is 575 g/mol. The molecule has 10 nitrogen and oxygen atoms in total. The zero-order chi connectivity index (χ0) is 28.7. The minimum absolute atomic E-state index is 0.0585. The highest BCUT2D eigenvalue weighted by Gasteiger charge is 2.20. The Bertz CT molecular complexity index is 1840. The number of pyridine rings is 2. The van der Waals surface area contributed by atoms with Crippen molar-refractivity contribution in [2.45, 2.75) is 26.8 Å². The maximum absolute atomic E-state index is 13.5. The summed E-state index contributed by atoms with van der Waals surface area (Å²) < 4.78 is 1.45. The Morgan fingerprint density at radius 3 is 2.45 bits per heavy atom. The Kier molecular flexibility index (Phi) is 7.22. The van der Waals surface area contributed by atoms with Crippen molar-refractivity contribution in [2.24, 2.45) is 7.05 Å². The third-order valence-electron chi connectivity index (χ3n) is 6.33. The highest BCUT2D eigenvalue weighted by molar-refractivity contribution is 6.31. The molecule has 1 aromatic carbocycles. The molecule has 12 heteroatoms. The summed E-state index contributed by atoms with van der Waals surface area (Å²) >= 11 is 12.3. The second-order valence-electron chi connectivity index (χ2n) is 9.27. The van der Waals surface area contributed by atoms with Gasteiger partial charge in [-0.05, 0) is 63.2 Å². The van der Waals surface area contributed by atoms with Gasteiger partial charge < -0.3 is 10.4 Å². The molecule has 0 aliphatic carbocycles. The molecule has 0 aliphatic heterocycles. The number of rotatable bonds is 6. The summed E-state index contributed by atoms with van der Waals surface area (Å²) in [5.41, 5.74) is 3.60. The first-order valence-corrected chi connectivity index (χ1v) is 12.9. The predicted molar refractivity (Wildman–Crippen MR) is 154 cm³/mol. The van der Waals surface area contributed by atoms with E-state index in [0.29, 0.717) is 50.1 Å². The molecule has 5 aromatic rings. The van der Waals surface area contributed by atoms with Crippen molar-refractivity contribution in [1.29, 1.82) is 0 Å². The van der Waals surface area contributed by atoms with Crippen molar-refractivity contribution in [3.8, 4) is 22.8 Å². The van der Waals surface area contributed by atoms with Crippen LogP contribution in [0.5, 0.6) is 0 Å². The number of hydrogen-bond donors (Lipinski definition) is 2. The van der Waals surface area contributed by atoms with Gasteiger partial charge in [-0.1, -0.05) is 23.2 Å². The Hall–Kier alpha value is -4.41. The van der Waals surface area contributed by atoms with Crippen molar-refractivity contribution in [1.82, 2.24) is 29.5 Å². The van der Waals surface area contributed by atoms with Crippen LogP contribution in [0.4, 0.5) is 5.69 Å². The van der Waals surface area contributed by atoms with E-state index in [2.05, 4.69) is 25.3 Å². The summed E-state index contributed by atoms with van der Waals surface area (Å²) in [5.74, 6) is -0.175. The van der Waals surface area contributed by atoms with Gasteiger partial charge in [0.2, 0.25) is 0 Å². The lowest BCUT2D eigenvalue weighted by molar-refractivity contribution is 0.0691. The predicted octanol–water partition coefficient (Wildman–Crippen LogP) is 5.64. The van der Waals surface area contributed by atoms with Crippen LogP contribution in [0, 0.1) is 13.8 Å². The standard InChI is InChI=1S/C28H23Cl2N7O3/c1-13-9-22(34-15(3)32-13)20-6-5-16(12-31-20)26-36-24-18(10-17(29)11-19(24)27(38)37(26)4)14(2)33-21-7-8-23(30)35-25(21)28(39)40/h5-12,14,33H,1-4H3,(H,39,40)/t14-/m1/s1. The number of nitrogens with one attached hydrogen (secondary N) is 1. The summed E-state index contributed by atoms with van der Waals surface area (Å²) in [7, 11) is 1.63. The molecule has 4 aromatic heterocycles. The SMILES string of the molecule is Cc1cc(-c2ccc(-c3nc4c([C@@H](C)Nc5ccc(Cl)nc5C(=O)O)cc(Cl)cc4c(=O)n3C)cn2)nc(C)n1. The molecule has 0 bridgehead atoms. The van der Waals surface area contributed by atoms with Crippen LogP contribution in [0.2, 0.25) is 10.2 Å². The Morgan fingerprint density at radius 1 is 1.00 bits per heavy atom. The van der Waals surface area contributed by atoms with Gasteiger partial charge in [-0.2, -0.15) is 0 Å². The van der Waals surface area contributed by atoms with E-state index in [-0.39, 0.29) is 22.1 Å². The number of anilines is 1. The van der Waals surface area contributed by atoms with E-state index < -0.39 is 12.0 Å². The fraction of sp³-hybridized carbons (Fsp3) is 0.179. The average molecular weight is 576 g/mol. The van der Waals surface area contributed by atoms with Crippen LogP contribution >= 0.6 is 23.2 Å². The number of carbonyl (C=O) groups is 1. The van der Waals surface area contributed by atoms with Crippen LogP contribution in [-0.2, 0) is 7.05 Å². The molecule has 0 unspecified atom stereocenters. The lowest BCUT2D eigenvalue weighted by atomic mass is 10.0. The molecule has 0 spiro atoms. The number of aromatic nitrogens is 6. The third-order valence-corrected chi connectivity index (χ3v) is 6.76. The Labute approximate surface area is 238 Å². The van der Waals surface area contributed by atoms with Gasteiger partial charge in [0.05, 0.1) is 34.0 Å². The fourth-order valence-electron chi connectivity index (χ4n) is 4.51. The Balaban J connectivity index is 1.60. The molecular weight excluding hydrogens is 553 g/mol. The van der Waals surface area contributed by atoms with Gasteiger partial charge in [0.1, 0.15) is 16.8 Å². The average Bonchev–Trinajstić information content (AvgIpc) is 2.91. The second kappa shape index (κ2) is 10.6. The minimum Gasteiger partial charge on any atom is -0.476 e. The molecule has 0 fully saturated rings. The van der Waals surface area contributed by atoms with E-state index in [0.717, 1.165) is 5.69 Å². The zero-order valence-corrected chi connectivity index (χ0v) is 23.4. The van der Waals surface area contributed by atoms with Gasteiger partial charge in [-0.15, -0.1) is 0 Å². The van der Waals surface area contributed by atoms with E-state index in [4.69, 9.17) is 28.2 Å². The first-order valence-electron chi connectivity index (χ1n) is 12.2. The minimum atomic E-state index is -1.23. The highest BCUT2D eigenvalue weighted by Crippen LogP contribution is 2.31. The number of benzene rings is 1. The van der Waals surface area contributed by atoms with Crippen LogP contribution < -0.4 is 10.9 Å². The molecule has 4 heterocycles. The first-order chi connectivity index (χ1) is 19.0. The molecule has 40 heavy (non-hydrogen) atoms. The van der Waals surface area contributed by atoms with Gasteiger partial charge in [0.25, 0.3) is 5.56 Å². The topological polar surface area (TPSA) is 136 Å². The van der Waals surface area contributed by atoms with Gasteiger partial charge in [0, 0.05) is 35.1 Å². The first kappa shape index (κ1) is 27.2. The van der Waals surface area contributed by atoms with Crippen molar-refractivity contribution in [2.75, 3.05) is 5.32 Å². The molecule has 202 valence electrons. The van der Waals surface area contributed by atoms with Crippen LogP contribution in [0.3, 0.4) is 0 Å². The van der Waals surface area contributed by atoms with Crippen molar-refractivity contribution < 1.29 is 9.90 Å². The molecule has 5 rings (SSSR count). The third kappa shape index (κ3) is 5.23. The molecular formula is C28H23Cl2N7O3. The number of carboxylic acids is 1. The smallest absolute Gasteiger partial charge is 0.356 e. The quantitative estimate of drug-likeness (QED) is 0.246. The molecule has 1 atom stereocenters. The summed E-state index contributed by atoms with van der Waals surface area (Å²) in [5, 5.41) is 13.5. The largest absolute Gasteiger partial charge is 0.476 e. The highest BCUT2D eigenvalue weighted by atomic mass is 35.5. The number of carboxylic acid groups (broad SMARTS) is 1. The summed E-state index contributed by atoms with van der Waals surface area (Å²) in [6, 6.07) is 11.3. The van der Waals surface area contributed by atoms with E-state index in [1.165, 1.54) is 16.7 Å². The van der Waals surface area contributed by atoms with Crippen LogP contribution in [0.1, 0.15) is 40.5 Å². The molecule has 0 amide bonds. The zero-order valence-electron chi connectivity index (χ0n) is 21.9. The van der Waals surface area contributed by atoms with Crippen LogP contribution in [0.25, 0.3) is 33.7 Å². The lowest BCUT2D eigenvalue weighted by Crippen LogP contribution is -2.22. The van der Waals surface area contributed by atoms with Gasteiger partial charge in [-0.25, -0.2) is 24.7 Å². The summed E-state index contributed by atoms with van der Waals surface area (Å²) in [6.07, 6.45) is 1.64. The summed E-state index contributed by atoms with van der Waals surface area (Å²) in [6.45, 7) is 5.53. The van der Waals surface area contributed by atoms with Crippen LogP contribution in [0.15, 0.2) is 53.5 Å². The van der Waals surface area contributed by atoms with Crippen molar-refractivity contribution in [3.05, 3.63) is 92.0 Å². The van der Waals surface area contributed by atoms with Gasteiger partial charge in [-0.3, -0.25) is 14.3 Å². The maximum atomic E-state index is 13.5. The number of nitrogens with zero attached hydrogens (tertiary/aromatic N) is 6. The number of hydrogen-bond acceptors (Lipinski definition) is 8. The Morgan fingerprint density at radius 2 is 1.77 bits per heavy atom. The van der Waals surface area contributed by atoms with E-state index in [9.17, 15) is 14.7 Å². The van der Waals surface area contributed by atoms with E-state index in [1.54, 1.807) is 25.4 Å². The molecule has 2 N–H and O–H groups in total. The fourth-order valence-corrected chi connectivity index (χ4v) is 4.88. The number of aromatic carboxylic acids is 1. The summed E-state index contributed by atoms with van der Waals surface area (Å²) in [4.78, 5) is 47.3. The molecule has 0 saturated heterocycles. The van der Waals surface area contributed by atoms with Gasteiger partial charge in [0.15, 0.2) is 5.69 Å². The number of fused-ring (bicyclic) bond motifs is 1. The normalized spacial score (nSPS) is 11.9.